The summed E-state index contributed by atoms with van der Waals surface area (Å²) in [6.45, 7) is 6.13. The number of anilines is 1. The number of halogens is 1. The molecule has 0 fully saturated rings. The zero-order chi connectivity index (χ0) is 17.3. The SMILES string of the molecule is Cc1cc(-c2nnc(NC(=O)c3cccc(Cl)c3)o2)cc(C)c1C. The number of amides is 1. The molecule has 0 aliphatic heterocycles. The Labute approximate surface area is 144 Å². The molecule has 0 saturated heterocycles. The molecule has 24 heavy (non-hydrogen) atoms. The van der Waals surface area contributed by atoms with Crippen molar-refractivity contribution in [3.05, 3.63) is 63.7 Å². The molecule has 1 heterocycles. The maximum Gasteiger partial charge on any atom is 0.322 e. The summed E-state index contributed by atoms with van der Waals surface area (Å²) in [5, 5.41) is 10.9. The number of nitrogens with one attached hydrogen (secondary N) is 1. The number of benzene rings is 2. The van der Waals surface area contributed by atoms with Crippen LogP contribution < -0.4 is 5.32 Å². The van der Waals surface area contributed by atoms with E-state index < -0.39 is 0 Å². The van der Waals surface area contributed by atoms with E-state index in [-0.39, 0.29) is 11.9 Å². The van der Waals surface area contributed by atoms with Crippen molar-refractivity contribution in [2.75, 3.05) is 5.32 Å². The summed E-state index contributed by atoms with van der Waals surface area (Å²) in [7, 11) is 0. The molecule has 1 N–H and O–H groups in total. The van der Waals surface area contributed by atoms with Crippen molar-refractivity contribution in [1.29, 1.82) is 0 Å². The molecular weight excluding hydrogens is 326 g/mol. The average Bonchev–Trinajstić information content (AvgIpc) is 3.00. The van der Waals surface area contributed by atoms with E-state index in [2.05, 4.69) is 22.4 Å². The van der Waals surface area contributed by atoms with Crippen molar-refractivity contribution in [3.63, 3.8) is 0 Å². The predicted molar refractivity (Wildman–Crippen MR) is 93.4 cm³/mol. The van der Waals surface area contributed by atoms with E-state index in [0.29, 0.717) is 16.5 Å². The van der Waals surface area contributed by atoms with Crippen molar-refractivity contribution in [2.24, 2.45) is 0 Å². The molecule has 0 radical (unpaired) electrons. The molecule has 3 rings (SSSR count). The van der Waals surface area contributed by atoms with Gasteiger partial charge in [0.15, 0.2) is 0 Å². The van der Waals surface area contributed by atoms with Gasteiger partial charge in [-0.05, 0) is 67.8 Å². The molecule has 3 aromatic rings. The van der Waals surface area contributed by atoms with E-state index in [1.165, 1.54) is 5.56 Å². The van der Waals surface area contributed by atoms with Crippen molar-refractivity contribution in [1.82, 2.24) is 10.2 Å². The Morgan fingerprint density at radius 2 is 1.79 bits per heavy atom. The topological polar surface area (TPSA) is 68.0 Å². The lowest BCUT2D eigenvalue weighted by Gasteiger charge is -2.06. The quantitative estimate of drug-likeness (QED) is 0.757. The summed E-state index contributed by atoms with van der Waals surface area (Å²) in [5.41, 5.74) is 4.77. The van der Waals surface area contributed by atoms with E-state index in [0.717, 1.165) is 16.7 Å². The summed E-state index contributed by atoms with van der Waals surface area (Å²) in [4.78, 5) is 12.2. The van der Waals surface area contributed by atoms with Gasteiger partial charge in [-0.2, -0.15) is 0 Å². The van der Waals surface area contributed by atoms with Gasteiger partial charge < -0.3 is 4.42 Å². The Kier molecular flexibility index (Phi) is 4.36. The van der Waals surface area contributed by atoms with Crippen LogP contribution in [0.15, 0.2) is 40.8 Å². The van der Waals surface area contributed by atoms with Crippen LogP contribution in [-0.2, 0) is 0 Å². The number of aryl methyl sites for hydroxylation is 2. The molecule has 0 atom stereocenters. The van der Waals surface area contributed by atoms with Crippen LogP contribution in [0.1, 0.15) is 27.0 Å². The number of carbonyl (C=O) groups is 1. The molecular formula is C18H16ClN3O2. The molecule has 6 heteroatoms. The highest BCUT2D eigenvalue weighted by molar-refractivity contribution is 6.31. The Morgan fingerprint density at radius 1 is 1.08 bits per heavy atom. The van der Waals surface area contributed by atoms with E-state index in [1.807, 2.05) is 26.0 Å². The van der Waals surface area contributed by atoms with Crippen molar-refractivity contribution in [2.45, 2.75) is 20.8 Å². The number of hydrogen-bond donors (Lipinski definition) is 1. The van der Waals surface area contributed by atoms with E-state index >= 15 is 0 Å². The Bertz CT molecular complexity index is 895. The molecule has 1 amide bonds. The molecule has 0 spiro atoms. The van der Waals surface area contributed by atoms with Gasteiger partial charge >= 0.3 is 6.01 Å². The minimum absolute atomic E-state index is 0.0471. The first-order valence-electron chi connectivity index (χ1n) is 7.42. The van der Waals surface area contributed by atoms with Gasteiger partial charge in [0.2, 0.25) is 5.89 Å². The largest absolute Gasteiger partial charge is 0.403 e. The third kappa shape index (κ3) is 3.31. The lowest BCUT2D eigenvalue weighted by atomic mass is 10.0. The number of hydrogen-bond acceptors (Lipinski definition) is 4. The Balaban J connectivity index is 1.82. The molecule has 0 aliphatic carbocycles. The van der Waals surface area contributed by atoms with Crippen LogP contribution in [0.2, 0.25) is 5.02 Å². The monoisotopic (exact) mass is 341 g/mol. The fourth-order valence-corrected chi connectivity index (χ4v) is 2.54. The van der Waals surface area contributed by atoms with Crippen molar-refractivity contribution >= 4 is 23.5 Å². The second-order valence-corrected chi connectivity index (χ2v) is 6.05. The van der Waals surface area contributed by atoms with Crippen LogP contribution in [0.3, 0.4) is 0 Å². The standard InChI is InChI=1S/C18H16ClN3O2/c1-10-7-14(8-11(2)12(10)3)17-21-22-18(24-17)20-16(23)13-5-4-6-15(19)9-13/h4-9H,1-3H3,(H,20,22,23). The number of rotatable bonds is 3. The summed E-state index contributed by atoms with van der Waals surface area (Å²) >= 11 is 5.89. The molecule has 5 nitrogen and oxygen atoms in total. The summed E-state index contributed by atoms with van der Waals surface area (Å²) in [6.07, 6.45) is 0. The number of aromatic nitrogens is 2. The average molecular weight is 342 g/mol. The highest BCUT2D eigenvalue weighted by atomic mass is 35.5. The smallest absolute Gasteiger partial charge is 0.322 e. The first-order valence-corrected chi connectivity index (χ1v) is 7.80. The maximum atomic E-state index is 12.2. The van der Waals surface area contributed by atoms with Crippen LogP contribution in [0.25, 0.3) is 11.5 Å². The number of carbonyl (C=O) groups excluding carboxylic acids is 1. The molecule has 0 saturated carbocycles. The predicted octanol–water partition coefficient (Wildman–Crippen LogP) is 4.57. The van der Waals surface area contributed by atoms with Crippen molar-refractivity contribution < 1.29 is 9.21 Å². The highest BCUT2D eigenvalue weighted by Crippen LogP contribution is 2.25. The third-order valence-electron chi connectivity index (χ3n) is 3.91. The molecule has 2 aromatic carbocycles. The van der Waals surface area contributed by atoms with Gasteiger partial charge in [-0.15, -0.1) is 5.10 Å². The second kappa shape index (κ2) is 6.45. The van der Waals surface area contributed by atoms with E-state index in [9.17, 15) is 4.79 Å². The van der Waals surface area contributed by atoms with Crippen LogP contribution in [0.5, 0.6) is 0 Å². The Hall–Kier alpha value is -2.66. The molecule has 0 aliphatic rings. The van der Waals surface area contributed by atoms with Crippen LogP contribution >= 0.6 is 11.6 Å². The fraction of sp³-hybridized carbons (Fsp3) is 0.167. The molecule has 0 unspecified atom stereocenters. The molecule has 1 aromatic heterocycles. The van der Waals surface area contributed by atoms with Gasteiger partial charge in [-0.1, -0.05) is 22.8 Å². The lowest BCUT2D eigenvalue weighted by Crippen LogP contribution is -2.11. The number of nitrogens with zero attached hydrogens (tertiary/aromatic N) is 2. The van der Waals surface area contributed by atoms with E-state index in [4.69, 9.17) is 16.0 Å². The van der Waals surface area contributed by atoms with Gasteiger partial charge in [0.1, 0.15) is 0 Å². The lowest BCUT2D eigenvalue weighted by molar-refractivity contribution is 0.102. The zero-order valence-electron chi connectivity index (χ0n) is 13.6. The minimum Gasteiger partial charge on any atom is -0.403 e. The maximum absolute atomic E-state index is 12.2. The zero-order valence-corrected chi connectivity index (χ0v) is 14.3. The highest BCUT2D eigenvalue weighted by Gasteiger charge is 2.14. The summed E-state index contributed by atoms with van der Waals surface area (Å²) in [5.74, 6) is 0.00608. The molecule has 0 bridgehead atoms. The fourth-order valence-electron chi connectivity index (χ4n) is 2.35. The first kappa shape index (κ1) is 16.2. The van der Waals surface area contributed by atoms with Gasteiger partial charge in [-0.25, -0.2) is 0 Å². The molecule has 122 valence electrons. The van der Waals surface area contributed by atoms with Crippen LogP contribution in [0.4, 0.5) is 6.01 Å². The Morgan fingerprint density at radius 3 is 2.46 bits per heavy atom. The van der Waals surface area contributed by atoms with Crippen molar-refractivity contribution in [3.8, 4) is 11.5 Å². The normalized spacial score (nSPS) is 10.7. The van der Waals surface area contributed by atoms with Crippen LogP contribution in [-0.4, -0.2) is 16.1 Å². The van der Waals surface area contributed by atoms with Gasteiger partial charge in [0.25, 0.3) is 5.91 Å². The van der Waals surface area contributed by atoms with E-state index in [1.54, 1.807) is 24.3 Å². The van der Waals surface area contributed by atoms with Gasteiger partial charge in [0, 0.05) is 16.1 Å². The third-order valence-corrected chi connectivity index (χ3v) is 4.14. The summed E-state index contributed by atoms with van der Waals surface area (Å²) in [6, 6.07) is 10.6. The second-order valence-electron chi connectivity index (χ2n) is 5.61. The minimum atomic E-state index is -0.357. The van der Waals surface area contributed by atoms with Gasteiger partial charge in [0.05, 0.1) is 0 Å². The summed E-state index contributed by atoms with van der Waals surface area (Å²) < 4.78 is 5.55. The first-order chi connectivity index (χ1) is 11.4. The van der Waals surface area contributed by atoms with Gasteiger partial charge in [-0.3, -0.25) is 10.1 Å². The van der Waals surface area contributed by atoms with Crippen LogP contribution in [0, 0.1) is 20.8 Å².